The molecule has 0 N–H and O–H groups in total. The van der Waals surface area contributed by atoms with Crippen molar-refractivity contribution in [3.63, 3.8) is 0 Å². The van der Waals surface area contributed by atoms with Gasteiger partial charge in [0.25, 0.3) is 5.56 Å². The highest BCUT2D eigenvalue weighted by molar-refractivity contribution is 9.10. The van der Waals surface area contributed by atoms with E-state index in [9.17, 15) is 4.79 Å². The van der Waals surface area contributed by atoms with Crippen LogP contribution in [0.4, 0.5) is 0 Å². The lowest BCUT2D eigenvalue weighted by atomic mass is 10.1. The highest BCUT2D eigenvalue weighted by Crippen LogP contribution is 2.13. The summed E-state index contributed by atoms with van der Waals surface area (Å²) in [5.41, 5.74) is 2.81. The van der Waals surface area contributed by atoms with E-state index in [1.165, 1.54) is 0 Å². The predicted molar refractivity (Wildman–Crippen MR) is 95.1 cm³/mol. The smallest absolute Gasteiger partial charge is 0.255 e. The van der Waals surface area contributed by atoms with Crippen LogP contribution >= 0.6 is 15.9 Å². The van der Waals surface area contributed by atoms with Gasteiger partial charge in [-0.25, -0.2) is 0 Å². The third-order valence-corrected chi connectivity index (χ3v) is 3.84. The zero-order valence-corrected chi connectivity index (χ0v) is 13.4. The molecule has 0 spiro atoms. The first-order chi connectivity index (χ1) is 10.7. The van der Waals surface area contributed by atoms with Crippen LogP contribution in [0.2, 0.25) is 0 Å². The van der Waals surface area contributed by atoms with E-state index in [0.29, 0.717) is 0 Å². The van der Waals surface area contributed by atoms with Crippen LogP contribution in [0.1, 0.15) is 11.1 Å². The topological polar surface area (TPSA) is 22.0 Å². The molecule has 0 amide bonds. The quantitative estimate of drug-likeness (QED) is 0.666. The summed E-state index contributed by atoms with van der Waals surface area (Å²) >= 11 is 3.39. The third kappa shape index (κ3) is 3.43. The molecule has 0 aliphatic heterocycles. The molecule has 0 saturated heterocycles. The molecule has 0 bridgehead atoms. The minimum Gasteiger partial charge on any atom is -0.284 e. The van der Waals surface area contributed by atoms with Crippen LogP contribution in [0.3, 0.4) is 0 Å². The van der Waals surface area contributed by atoms with Gasteiger partial charge in [0.1, 0.15) is 0 Å². The molecule has 0 unspecified atom stereocenters. The summed E-state index contributed by atoms with van der Waals surface area (Å²) in [5.74, 6) is 0. The van der Waals surface area contributed by atoms with Crippen LogP contribution in [0.5, 0.6) is 0 Å². The number of hydrogen-bond donors (Lipinski definition) is 0. The molecule has 0 saturated carbocycles. The second-order valence-corrected chi connectivity index (χ2v) is 5.80. The minimum atomic E-state index is -0.0439. The lowest BCUT2D eigenvalue weighted by Crippen LogP contribution is -2.16. The van der Waals surface area contributed by atoms with Gasteiger partial charge in [0, 0.05) is 22.4 Å². The molecule has 0 radical (unpaired) electrons. The summed E-state index contributed by atoms with van der Waals surface area (Å²) < 4.78 is 2.62. The number of hydrogen-bond acceptors (Lipinski definition) is 1. The minimum absolute atomic E-state index is 0.0439. The van der Waals surface area contributed by atoms with Crippen LogP contribution in [-0.2, 0) is 0 Å². The Labute approximate surface area is 137 Å². The Kier molecular flexibility index (Phi) is 4.35. The van der Waals surface area contributed by atoms with Gasteiger partial charge in [-0.2, -0.15) is 0 Å². The van der Waals surface area contributed by atoms with Gasteiger partial charge < -0.3 is 0 Å². The monoisotopic (exact) mass is 351 g/mol. The fourth-order valence-electron chi connectivity index (χ4n) is 2.17. The summed E-state index contributed by atoms with van der Waals surface area (Å²) in [5, 5.41) is 0. The maximum Gasteiger partial charge on any atom is 0.255 e. The molecule has 3 rings (SSSR count). The zero-order chi connectivity index (χ0) is 15.4. The normalized spacial score (nSPS) is 11.0. The number of nitrogens with zero attached hydrogens (tertiary/aromatic N) is 1. The Morgan fingerprint density at radius 1 is 0.818 bits per heavy atom. The van der Waals surface area contributed by atoms with Crippen molar-refractivity contribution in [3.8, 4) is 5.69 Å². The first-order valence-electron chi connectivity index (χ1n) is 6.94. The molecule has 0 aliphatic rings. The average molecular weight is 352 g/mol. The van der Waals surface area contributed by atoms with E-state index in [-0.39, 0.29) is 5.56 Å². The molecule has 1 heterocycles. The van der Waals surface area contributed by atoms with E-state index in [1.807, 2.05) is 72.8 Å². The summed E-state index contributed by atoms with van der Waals surface area (Å²) in [6.45, 7) is 0. The lowest BCUT2D eigenvalue weighted by Gasteiger charge is -2.06. The van der Waals surface area contributed by atoms with Crippen molar-refractivity contribution in [2.75, 3.05) is 0 Å². The molecule has 3 aromatic rings. The molecule has 108 valence electrons. The molecule has 0 atom stereocenters. The Morgan fingerprint density at radius 3 is 2.18 bits per heavy atom. The van der Waals surface area contributed by atoms with Gasteiger partial charge in [-0.1, -0.05) is 58.4 Å². The molecular formula is C19H14BrNO. The largest absolute Gasteiger partial charge is 0.284 e. The first-order valence-corrected chi connectivity index (χ1v) is 7.73. The van der Waals surface area contributed by atoms with Gasteiger partial charge >= 0.3 is 0 Å². The second kappa shape index (κ2) is 6.58. The van der Waals surface area contributed by atoms with Crippen molar-refractivity contribution in [2.24, 2.45) is 0 Å². The molecule has 1 aromatic heterocycles. The Morgan fingerprint density at radius 2 is 1.50 bits per heavy atom. The van der Waals surface area contributed by atoms with Crippen LogP contribution in [0, 0.1) is 0 Å². The molecule has 0 aliphatic carbocycles. The van der Waals surface area contributed by atoms with Crippen LogP contribution in [0.25, 0.3) is 17.8 Å². The van der Waals surface area contributed by atoms with E-state index >= 15 is 0 Å². The maximum absolute atomic E-state index is 12.3. The van der Waals surface area contributed by atoms with Gasteiger partial charge in [-0.3, -0.25) is 9.36 Å². The van der Waals surface area contributed by atoms with Gasteiger partial charge in [0.05, 0.1) is 0 Å². The second-order valence-electron chi connectivity index (χ2n) is 4.89. The maximum atomic E-state index is 12.3. The zero-order valence-electron chi connectivity index (χ0n) is 11.8. The number of pyridine rings is 1. The summed E-state index contributed by atoms with van der Waals surface area (Å²) in [7, 11) is 0. The van der Waals surface area contributed by atoms with E-state index in [4.69, 9.17) is 0 Å². The SMILES string of the molecule is O=c1cc(C=Cc2ccccc2)ccn1-c1ccc(Br)cc1. The van der Waals surface area contributed by atoms with E-state index < -0.39 is 0 Å². The van der Waals surface area contributed by atoms with Crippen LogP contribution < -0.4 is 5.56 Å². The summed E-state index contributed by atoms with van der Waals surface area (Å²) in [6.07, 6.45) is 5.75. The predicted octanol–water partition coefficient (Wildman–Crippen LogP) is 4.77. The van der Waals surface area contributed by atoms with Crippen LogP contribution in [0.15, 0.2) is 82.2 Å². The molecule has 2 aromatic carbocycles. The van der Waals surface area contributed by atoms with Crippen molar-refractivity contribution in [1.82, 2.24) is 4.57 Å². The van der Waals surface area contributed by atoms with E-state index in [0.717, 1.165) is 21.3 Å². The lowest BCUT2D eigenvalue weighted by molar-refractivity contribution is 0.988. The molecule has 0 fully saturated rings. The molecular weight excluding hydrogens is 338 g/mol. The van der Waals surface area contributed by atoms with Gasteiger partial charge in [-0.15, -0.1) is 0 Å². The van der Waals surface area contributed by atoms with E-state index in [2.05, 4.69) is 15.9 Å². The molecule has 3 heteroatoms. The van der Waals surface area contributed by atoms with Crippen LogP contribution in [-0.4, -0.2) is 4.57 Å². The van der Waals surface area contributed by atoms with Crippen molar-refractivity contribution in [1.29, 1.82) is 0 Å². The van der Waals surface area contributed by atoms with Gasteiger partial charge in [0.15, 0.2) is 0 Å². The van der Waals surface area contributed by atoms with Crippen molar-refractivity contribution < 1.29 is 0 Å². The van der Waals surface area contributed by atoms with Gasteiger partial charge in [-0.05, 0) is 41.5 Å². The standard InChI is InChI=1S/C19H14BrNO/c20-17-8-10-18(11-9-17)21-13-12-16(14-19(21)22)7-6-15-4-2-1-3-5-15/h1-14H. The summed E-state index contributed by atoms with van der Waals surface area (Å²) in [4.78, 5) is 12.3. The Bertz CT molecular complexity index is 849. The highest BCUT2D eigenvalue weighted by Gasteiger charge is 2.00. The van der Waals surface area contributed by atoms with Gasteiger partial charge in [0.2, 0.25) is 0 Å². The van der Waals surface area contributed by atoms with Crippen molar-refractivity contribution in [3.05, 3.63) is 98.9 Å². The highest BCUT2D eigenvalue weighted by atomic mass is 79.9. The summed E-state index contributed by atoms with van der Waals surface area (Å²) in [6, 6.07) is 21.3. The average Bonchev–Trinajstić information content (AvgIpc) is 2.55. The molecule has 22 heavy (non-hydrogen) atoms. The van der Waals surface area contributed by atoms with E-state index in [1.54, 1.807) is 16.8 Å². The van der Waals surface area contributed by atoms with Crippen molar-refractivity contribution >= 4 is 28.1 Å². The Balaban J connectivity index is 1.88. The fraction of sp³-hybridized carbons (Fsp3) is 0. The fourth-order valence-corrected chi connectivity index (χ4v) is 2.43. The number of halogens is 1. The number of rotatable bonds is 3. The molecule has 2 nitrogen and oxygen atoms in total. The van der Waals surface area contributed by atoms with Crippen molar-refractivity contribution in [2.45, 2.75) is 0 Å². The number of aromatic nitrogens is 1. The Hall–Kier alpha value is -2.39. The number of benzene rings is 2. The first kappa shape index (κ1) is 14.5. The third-order valence-electron chi connectivity index (χ3n) is 3.32.